The molecule has 1 aliphatic rings. The number of methoxy groups -OCH3 is 1. The lowest BCUT2D eigenvalue weighted by atomic mass is 10.2. The Balaban J connectivity index is 1.47. The molecule has 6 nitrogen and oxygen atoms in total. The van der Waals surface area contributed by atoms with E-state index in [1.165, 1.54) is 6.08 Å². The van der Waals surface area contributed by atoms with Gasteiger partial charge in [0.1, 0.15) is 11.8 Å². The summed E-state index contributed by atoms with van der Waals surface area (Å²) in [5, 5.41) is 2.76. The number of amides is 2. The van der Waals surface area contributed by atoms with Gasteiger partial charge < -0.3 is 19.9 Å². The Labute approximate surface area is 171 Å². The van der Waals surface area contributed by atoms with Crippen LogP contribution in [-0.4, -0.2) is 56.0 Å². The molecule has 1 N–H and O–H groups in total. The van der Waals surface area contributed by atoms with E-state index in [1.807, 2.05) is 59.5 Å². The highest BCUT2D eigenvalue weighted by molar-refractivity contribution is 5.95. The number of carbonyl (C=O) groups excluding carboxylic acids is 2. The summed E-state index contributed by atoms with van der Waals surface area (Å²) < 4.78 is 5.19. The van der Waals surface area contributed by atoms with Gasteiger partial charge in [0, 0.05) is 37.9 Å². The Hall–Kier alpha value is -3.28. The largest absolute Gasteiger partial charge is 0.497 e. The second kappa shape index (κ2) is 9.78. The average Bonchev–Trinajstić information content (AvgIpc) is 2.78. The number of hydrogen-bond acceptors (Lipinski definition) is 4. The third-order valence-electron chi connectivity index (χ3n) is 4.98. The van der Waals surface area contributed by atoms with Gasteiger partial charge in [0.25, 0.3) is 0 Å². The van der Waals surface area contributed by atoms with Gasteiger partial charge in [0.2, 0.25) is 11.8 Å². The third kappa shape index (κ3) is 5.60. The van der Waals surface area contributed by atoms with Crippen LogP contribution in [0.4, 0.5) is 5.69 Å². The van der Waals surface area contributed by atoms with Crippen molar-refractivity contribution in [2.75, 3.05) is 38.2 Å². The summed E-state index contributed by atoms with van der Waals surface area (Å²) in [6, 6.07) is 16.9. The van der Waals surface area contributed by atoms with Gasteiger partial charge in [0.05, 0.1) is 7.11 Å². The summed E-state index contributed by atoms with van der Waals surface area (Å²) in [4.78, 5) is 28.9. The fourth-order valence-corrected chi connectivity index (χ4v) is 3.31. The number of nitrogens with zero attached hydrogens (tertiary/aromatic N) is 2. The molecule has 1 fully saturated rings. The van der Waals surface area contributed by atoms with E-state index >= 15 is 0 Å². The lowest BCUT2D eigenvalue weighted by Gasteiger charge is -2.37. The lowest BCUT2D eigenvalue weighted by molar-refractivity contribution is -0.135. The van der Waals surface area contributed by atoms with Crippen LogP contribution in [0.25, 0.3) is 6.08 Å². The minimum atomic E-state index is -0.560. The summed E-state index contributed by atoms with van der Waals surface area (Å²) >= 11 is 0. The minimum Gasteiger partial charge on any atom is -0.497 e. The number of anilines is 1. The van der Waals surface area contributed by atoms with Crippen LogP contribution in [0.2, 0.25) is 0 Å². The van der Waals surface area contributed by atoms with Gasteiger partial charge in [-0.05, 0) is 42.8 Å². The fraction of sp³-hybridized carbons (Fsp3) is 0.304. The Morgan fingerprint density at radius 3 is 2.28 bits per heavy atom. The molecule has 3 rings (SSSR count). The molecule has 0 aliphatic carbocycles. The number of nitrogens with one attached hydrogen (secondary N) is 1. The van der Waals surface area contributed by atoms with Gasteiger partial charge in [-0.1, -0.05) is 30.3 Å². The van der Waals surface area contributed by atoms with Crippen molar-refractivity contribution in [1.82, 2.24) is 10.2 Å². The van der Waals surface area contributed by atoms with E-state index in [-0.39, 0.29) is 11.8 Å². The Kier molecular flexibility index (Phi) is 6.89. The predicted molar refractivity (Wildman–Crippen MR) is 115 cm³/mol. The molecule has 0 aromatic heterocycles. The maximum Gasteiger partial charge on any atom is 0.244 e. The van der Waals surface area contributed by atoms with Crippen molar-refractivity contribution in [3.8, 4) is 5.75 Å². The van der Waals surface area contributed by atoms with Crippen LogP contribution in [0.3, 0.4) is 0 Å². The van der Waals surface area contributed by atoms with E-state index in [2.05, 4.69) is 10.2 Å². The molecule has 152 valence electrons. The first-order valence-corrected chi connectivity index (χ1v) is 9.78. The number of piperazine rings is 1. The van der Waals surface area contributed by atoms with Gasteiger partial charge in [-0.25, -0.2) is 0 Å². The van der Waals surface area contributed by atoms with Gasteiger partial charge in [-0.2, -0.15) is 0 Å². The van der Waals surface area contributed by atoms with E-state index in [9.17, 15) is 9.59 Å². The van der Waals surface area contributed by atoms with Crippen molar-refractivity contribution in [3.05, 3.63) is 66.2 Å². The quantitative estimate of drug-likeness (QED) is 0.767. The summed E-state index contributed by atoms with van der Waals surface area (Å²) in [6.07, 6.45) is 3.20. The van der Waals surface area contributed by atoms with Crippen LogP contribution in [0.15, 0.2) is 60.7 Å². The molecule has 2 aromatic rings. The van der Waals surface area contributed by atoms with E-state index in [1.54, 1.807) is 20.1 Å². The molecule has 1 unspecified atom stereocenters. The van der Waals surface area contributed by atoms with E-state index in [0.29, 0.717) is 13.1 Å². The van der Waals surface area contributed by atoms with Crippen LogP contribution in [0, 0.1) is 0 Å². The molecule has 0 spiro atoms. The molecule has 29 heavy (non-hydrogen) atoms. The molecule has 2 amide bonds. The second-order valence-electron chi connectivity index (χ2n) is 6.98. The topological polar surface area (TPSA) is 61.9 Å². The van der Waals surface area contributed by atoms with Crippen LogP contribution in [0.1, 0.15) is 12.5 Å². The first kappa shape index (κ1) is 20.5. The average molecular weight is 393 g/mol. The van der Waals surface area contributed by atoms with Crippen molar-refractivity contribution in [3.63, 3.8) is 0 Å². The monoisotopic (exact) mass is 393 g/mol. The highest BCUT2D eigenvalue weighted by atomic mass is 16.5. The second-order valence-corrected chi connectivity index (χ2v) is 6.98. The van der Waals surface area contributed by atoms with Crippen LogP contribution in [-0.2, 0) is 9.59 Å². The third-order valence-corrected chi connectivity index (χ3v) is 4.98. The van der Waals surface area contributed by atoms with Gasteiger partial charge in [-0.15, -0.1) is 0 Å². The Morgan fingerprint density at radius 2 is 1.66 bits per heavy atom. The first-order chi connectivity index (χ1) is 14.1. The number of carbonyl (C=O) groups is 2. The van der Waals surface area contributed by atoms with Crippen molar-refractivity contribution < 1.29 is 14.3 Å². The van der Waals surface area contributed by atoms with Gasteiger partial charge in [0.15, 0.2) is 0 Å². The number of ether oxygens (including phenoxy) is 1. The zero-order valence-corrected chi connectivity index (χ0v) is 16.9. The standard InChI is InChI=1S/C23H27N3O3/c1-18(24-22(27)13-8-19-6-4-3-5-7-19)23(28)26-16-14-25(15-17-26)20-9-11-21(29-2)12-10-20/h3-13,18H,14-17H2,1-2H3,(H,24,27)/b13-8+. The SMILES string of the molecule is COc1ccc(N2CCN(C(=O)C(C)NC(=O)/C=C/c3ccccc3)CC2)cc1. The minimum absolute atomic E-state index is 0.0548. The van der Waals surface area contributed by atoms with E-state index in [4.69, 9.17) is 4.74 Å². The highest BCUT2D eigenvalue weighted by Gasteiger charge is 2.25. The maximum atomic E-state index is 12.7. The molecule has 0 saturated carbocycles. The molecule has 0 radical (unpaired) electrons. The van der Waals surface area contributed by atoms with Gasteiger partial charge in [-0.3, -0.25) is 9.59 Å². The molecular weight excluding hydrogens is 366 g/mol. The van der Waals surface area contributed by atoms with Crippen LogP contribution < -0.4 is 15.0 Å². The highest BCUT2D eigenvalue weighted by Crippen LogP contribution is 2.20. The number of rotatable bonds is 6. The molecule has 1 heterocycles. The van der Waals surface area contributed by atoms with Gasteiger partial charge >= 0.3 is 0 Å². The Bertz CT molecular complexity index is 841. The van der Waals surface area contributed by atoms with Crippen LogP contribution in [0.5, 0.6) is 5.75 Å². The zero-order valence-electron chi connectivity index (χ0n) is 16.9. The number of benzene rings is 2. The van der Waals surface area contributed by atoms with Crippen molar-refractivity contribution in [2.24, 2.45) is 0 Å². The van der Waals surface area contributed by atoms with E-state index < -0.39 is 6.04 Å². The summed E-state index contributed by atoms with van der Waals surface area (Å²) in [7, 11) is 1.65. The fourth-order valence-electron chi connectivity index (χ4n) is 3.31. The summed E-state index contributed by atoms with van der Waals surface area (Å²) in [6.45, 7) is 4.50. The van der Waals surface area contributed by atoms with Crippen molar-refractivity contribution in [2.45, 2.75) is 13.0 Å². The normalized spacial score (nSPS) is 15.2. The zero-order chi connectivity index (χ0) is 20.6. The predicted octanol–water partition coefficient (Wildman–Crippen LogP) is 2.56. The molecule has 0 bridgehead atoms. The van der Waals surface area contributed by atoms with E-state index in [0.717, 1.165) is 30.1 Å². The molecule has 1 atom stereocenters. The molecule has 1 saturated heterocycles. The number of hydrogen-bond donors (Lipinski definition) is 1. The summed E-state index contributed by atoms with van der Waals surface area (Å²) in [5.74, 6) is 0.501. The van der Waals surface area contributed by atoms with Crippen molar-refractivity contribution in [1.29, 1.82) is 0 Å². The Morgan fingerprint density at radius 1 is 1.00 bits per heavy atom. The molecular formula is C23H27N3O3. The molecule has 1 aliphatic heterocycles. The first-order valence-electron chi connectivity index (χ1n) is 9.78. The smallest absolute Gasteiger partial charge is 0.244 e. The summed E-state index contributed by atoms with van der Waals surface area (Å²) in [5.41, 5.74) is 2.06. The maximum absolute atomic E-state index is 12.7. The lowest BCUT2D eigenvalue weighted by Crippen LogP contribution is -2.54. The van der Waals surface area contributed by atoms with Crippen molar-refractivity contribution >= 4 is 23.6 Å². The molecule has 6 heteroatoms. The molecule has 2 aromatic carbocycles. The van der Waals surface area contributed by atoms with Crippen LogP contribution >= 0.6 is 0 Å².